The van der Waals surface area contributed by atoms with Gasteiger partial charge in [-0.2, -0.15) is 0 Å². The van der Waals surface area contributed by atoms with Gasteiger partial charge in [0, 0.05) is 24.9 Å². The Morgan fingerprint density at radius 2 is 2.20 bits per heavy atom. The maximum absolute atomic E-state index is 5.70. The van der Waals surface area contributed by atoms with E-state index in [0.717, 1.165) is 5.56 Å². The van der Waals surface area contributed by atoms with E-state index in [-0.39, 0.29) is 6.04 Å². The highest BCUT2D eigenvalue weighted by Gasteiger charge is 2.00. The van der Waals surface area contributed by atoms with E-state index >= 15 is 0 Å². The molecule has 0 aliphatic heterocycles. The molecule has 0 bridgehead atoms. The van der Waals surface area contributed by atoms with Crippen molar-refractivity contribution in [3.63, 3.8) is 0 Å². The zero-order chi connectivity index (χ0) is 11.1. The summed E-state index contributed by atoms with van der Waals surface area (Å²) in [5, 5.41) is 0. The molecule has 0 unspecified atom stereocenters. The third kappa shape index (κ3) is 4.27. The van der Waals surface area contributed by atoms with Gasteiger partial charge in [-0.15, -0.1) is 0 Å². The average molecular weight is 210 g/mol. The summed E-state index contributed by atoms with van der Waals surface area (Å²) in [6.45, 7) is 5.70. The summed E-state index contributed by atoms with van der Waals surface area (Å²) < 4.78 is 10.5. The van der Waals surface area contributed by atoms with Gasteiger partial charge in [-0.25, -0.2) is 4.98 Å². The number of pyridine rings is 1. The number of hydrogen-bond donors (Lipinski definition) is 1. The maximum atomic E-state index is 5.70. The van der Waals surface area contributed by atoms with Gasteiger partial charge in [0.25, 0.3) is 0 Å². The highest BCUT2D eigenvalue weighted by molar-refractivity contribution is 5.19. The summed E-state index contributed by atoms with van der Waals surface area (Å²) >= 11 is 0. The Bertz CT molecular complexity index is 272. The Morgan fingerprint density at radius 3 is 2.73 bits per heavy atom. The first-order valence-corrected chi connectivity index (χ1v) is 5.16. The van der Waals surface area contributed by atoms with Crippen LogP contribution >= 0.6 is 0 Å². The molecular weight excluding hydrogens is 192 g/mol. The lowest BCUT2D eigenvalue weighted by Crippen LogP contribution is -2.08. The topological polar surface area (TPSA) is 57.4 Å². The second-order valence-electron chi connectivity index (χ2n) is 3.26. The van der Waals surface area contributed by atoms with E-state index in [1.54, 1.807) is 6.20 Å². The van der Waals surface area contributed by atoms with Crippen molar-refractivity contribution in [1.82, 2.24) is 4.98 Å². The molecule has 1 atom stereocenters. The number of nitrogens with zero attached hydrogens (tertiary/aromatic N) is 1. The van der Waals surface area contributed by atoms with Crippen molar-refractivity contribution in [2.45, 2.75) is 19.9 Å². The van der Waals surface area contributed by atoms with Crippen molar-refractivity contribution < 1.29 is 9.47 Å². The van der Waals surface area contributed by atoms with Crippen LogP contribution < -0.4 is 10.5 Å². The predicted molar refractivity (Wildman–Crippen MR) is 58.8 cm³/mol. The largest absolute Gasteiger partial charge is 0.475 e. The van der Waals surface area contributed by atoms with Gasteiger partial charge in [0.15, 0.2) is 0 Å². The highest BCUT2D eigenvalue weighted by Crippen LogP contribution is 2.12. The molecule has 84 valence electrons. The average Bonchev–Trinajstić information content (AvgIpc) is 2.25. The molecule has 0 amide bonds. The van der Waals surface area contributed by atoms with Crippen molar-refractivity contribution >= 4 is 0 Å². The Labute approximate surface area is 90.4 Å². The minimum absolute atomic E-state index is 0.00924. The van der Waals surface area contributed by atoms with E-state index in [1.807, 2.05) is 26.0 Å². The summed E-state index contributed by atoms with van der Waals surface area (Å²) in [5.74, 6) is 0.610. The van der Waals surface area contributed by atoms with Crippen LogP contribution in [0.1, 0.15) is 25.5 Å². The van der Waals surface area contributed by atoms with Gasteiger partial charge < -0.3 is 15.2 Å². The zero-order valence-corrected chi connectivity index (χ0v) is 9.27. The van der Waals surface area contributed by atoms with Crippen LogP contribution in [0.2, 0.25) is 0 Å². The summed E-state index contributed by atoms with van der Waals surface area (Å²) in [4.78, 5) is 4.14. The van der Waals surface area contributed by atoms with E-state index < -0.39 is 0 Å². The van der Waals surface area contributed by atoms with E-state index in [2.05, 4.69) is 4.98 Å². The smallest absolute Gasteiger partial charge is 0.213 e. The summed E-state index contributed by atoms with van der Waals surface area (Å²) in [5.41, 5.74) is 6.71. The first-order chi connectivity index (χ1) is 7.24. The zero-order valence-electron chi connectivity index (χ0n) is 9.27. The van der Waals surface area contributed by atoms with Crippen LogP contribution in [0.15, 0.2) is 18.3 Å². The Morgan fingerprint density at radius 1 is 1.40 bits per heavy atom. The van der Waals surface area contributed by atoms with Crippen LogP contribution in [0, 0.1) is 0 Å². The normalized spacial score (nSPS) is 12.5. The lowest BCUT2D eigenvalue weighted by molar-refractivity contribution is 0.108. The monoisotopic (exact) mass is 210 g/mol. The number of ether oxygens (including phenoxy) is 2. The summed E-state index contributed by atoms with van der Waals surface area (Å²) in [7, 11) is 0. The first-order valence-electron chi connectivity index (χ1n) is 5.16. The third-order valence-electron chi connectivity index (χ3n) is 1.97. The fraction of sp³-hybridized carbons (Fsp3) is 0.545. The molecule has 15 heavy (non-hydrogen) atoms. The molecule has 0 fully saturated rings. The van der Waals surface area contributed by atoms with Crippen molar-refractivity contribution in [2.75, 3.05) is 19.8 Å². The molecule has 0 radical (unpaired) electrons. The van der Waals surface area contributed by atoms with Crippen LogP contribution in [0.3, 0.4) is 0 Å². The lowest BCUT2D eigenvalue weighted by atomic mass is 10.2. The lowest BCUT2D eigenvalue weighted by Gasteiger charge is -2.07. The van der Waals surface area contributed by atoms with Crippen molar-refractivity contribution in [3.8, 4) is 5.88 Å². The molecule has 2 N–H and O–H groups in total. The van der Waals surface area contributed by atoms with E-state index in [1.165, 1.54) is 0 Å². The SMILES string of the molecule is CCOCCOc1ccc([C@H](C)N)cn1. The maximum Gasteiger partial charge on any atom is 0.213 e. The van der Waals surface area contributed by atoms with Gasteiger partial charge in [-0.1, -0.05) is 6.07 Å². The number of rotatable bonds is 6. The van der Waals surface area contributed by atoms with Gasteiger partial charge in [-0.05, 0) is 19.4 Å². The van der Waals surface area contributed by atoms with Crippen LogP contribution in [0.4, 0.5) is 0 Å². The Kier molecular flexibility index (Phi) is 5.07. The highest BCUT2D eigenvalue weighted by atomic mass is 16.5. The molecule has 1 aromatic rings. The minimum atomic E-state index is 0.00924. The van der Waals surface area contributed by atoms with E-state index in [9.17, 15) is 0 Å². The predicted octanol–water partition coefficient (Wildman–Crippen LogP) is 1.52. The Balaban J connectivity index is 2.36. The molecule has 1 aromatic heterocycles. The molecule has 0 aliphatic carbocycles. The molecule has 0 saturated carbocycles. The first kappa shape index (κ1) is 11.9. The summed E-state index contributed by atoms with van der Waals surface area (Å²) in [6.07, 6.45) is 1.74. The Hall–Kier alpha value is -1.13. The second-order valence-corrected chi connectivity index (χ2v) is 3.26. The molecule has 4 heteroatoms. The van der Waals surface area contributed by atoms with Crippen LogP contribution in [-0.2, 0) is 4.74 Å². The number of hydrogen-bond acceptors (Lipinski definition) is 4. The molecule has 0 spiro atoms. The molecule has 1 heterocycles. The minimum Gasteiger partial charge on any atom is -0.475 e. The van der Waals surface area contributed by atoms with Crippen molar-refractivity contribution in [2.24, 2.45) is 5.73 Å². The molecule has 0 aromatic carbocycles. The number of aromatic nitrogens is 1. The quantitative estimate of drug-likeness (QED) is 0.723. The fourth-order valence-electron chi connectivity index (χ4n) is 1.10. The second kappa shape index (κ2) is 6.37. The van der Waals surface area contributed by atoms with Gasteiger partial charge >= 0.3 is 0 Å². The van der Waals surface area contributed by atoms with Crippen LogP contribution in [0.5, 0.6) is 5.88 Å². The van der Waals surface area contributed by atoms with E-state index in [4.69, 9.17) is 15.2 Å². The summed E-state index contributed by atoms with van der Waals surface area (Å²) in [6, 6.07) is 3.76. The number of nitrogens with two attached hydrogens (primary N) is 1. The fourth-order valence-corrected chi connectivity index (χ4v) is 1.10. The standard InChI is InChI=1S/C11H18N2O2/c1-3-14-6-7-15-11-5-4-10(8-13-11)9(2)12/h4-5,8-9H,3,6-7,12H2,1-2H3/t9-/m0/s1. The molecule has 0 aliphatic rings. The third-order valence-corrected chi connectivity index (χ3v) is 1.97. The van der Waals surface area contributed by atoms with Gasteiger partial charge in [0.05, 0.1) is 6.61 Å². The molecule has 1 rings (SSSR count). The van der Waals surface area contributed by atoms with Crippen LogP contribution in [-0.4, -0.2) is 24.8 Å². The van der Waals surface area contributed by atoms with E-state index in [0.29, 0.717) is 25.7 Å². The molecule has 0 saturated heterocycles. The van der Waals surface area contributed by atoms with Gasteiger partial charge in [-0.3, -0.25) is 0 Å². The van der Waals surface area contributed by atoms with Gasteiger partial charge in [0.1, 0.15) is 6.61 Å². The van der Waals surface area contributed by atoms with Crippen LogP contribution in [0.25, 0.3) is 0 Å². The molecule has 4 nitrogen and oxygen atoms in total. The van der Waals surface area contributed by atoms with Gasteiger partial charge in [0.2, 0.25) is 5.88 Å². The van der Waals surface area contributed by atoms with Crippen molar-refractivity contribution in [1.29, 1.82) is 0 Å². The van der Waals surface area contributed by atoms with Crippen molar-refractivity contribution in [3.05, 3.63) is 23.9 Å². The molecular formula is C11H18N2O2.